The third-order valence-corrected chi connectivity index (χ3v) is 6.60. The Bertz CT molecular complexity index is 1680. The number of aromatic amines is 1. The van der Waals surface area contributed by atoms with E-state index in [2.05, 4.69) is 10.3 Å². The van der Waals surface area contributed by atoms with Crippen molar-refractivity contribution in [2.45, 2.75) is 27.1 Å². The van der Waals surface area contributed by atoms with Gasteiger partial charge in [-0.3, -0.25) is 0 Å². The van der Waals surface area contributed by atoms with Gasteiger partial charge in [-0.2, -0.15) is 0 Å². The van der Waals surface area contributed by atoms with E-state index < -0.39 is 5.97 Å². The summed E-state index contributed by atoms with van der Waals surface area (Å²) in [5.74, 6) is -0.253. The Morgan fingerprint density at radius 2 is 1.45 bits per heavy atom. The highest BCUT2D eigenvalue weighted by atomic mass is 19.1. The molecule has 0 aliphatic heterocycles. The first kappa shape index (κ1) is 28.4. The summed E-state index contributed by atoms with van der Waals surface area (Å²) in [5.41, 5.74) is 4.11. The van der Waals surface area contributed by atoms with Crippen molar-refractivity contribution in [2.75, 3.05) is 11.9 Å². The number of aromatic nitrogens is 1. The van der Waals surface area contributed by atoms with Crippen LogP contribution in [-0.2, 0) is 18.0 Å². The monoisotopic (exact) mass is 568 g/mol. The SMILES string of the molecule is CC=C(Nc1cccc2cc(C(=O)OCC)[nH]c12)c1cc(OCc2ccccc2F)cc(OCc2ccccc2F)c1. The zero-order valence-corrected chi connectivity index (χ0v) is 23.2. The Hall–Kier alpha value is -5.11. The van der Waals surface area contributed by atoms with Crippen molar-refractivity contribution in [2.24, 2.45) is 0 Å². The molecule has 2 N–H and O–H groups in total. The predicted octanol–water partition coefficient (Wildman–Crippen LogP) is 8.25. The molecule has 0 radical (unpaired) electrons. The Balaban J connectivity index is 1.45. The van der Waals surface area contributed by atoms with Gasteiger partial charge in [0.15, 0.2) is 0 Å². The summed E-state index contributed by atoms with van der Waals surface area (Å²) in [4.78, 5) is 15.5. The van der Waals surface area contributed by atoms with E-state index in [1.54, 1.807) is 55.5 Å². The first-order valence-electron chi connectivity index (χ1n) is 13.5. The predicted molar refractivity (Wildman–Crippen MR) is 159 cm³/mol. The fourth-order valence-electron chi connectivity index (χ4n) is 4.48. The van der Waals surface area contributed by atoms with Gasteiger partial charge in [0.2, 0.25) is 0 Å². The van der Waals surface area contributed by atoms with Crippen molar-refractivity contribution in [1.29, 1.82) is 0 Å². The molecule has 5 aromatic rings. The molecule has 1 heterocycles. The number of esters is 1. The van der Waals surface area contributed by atoms with E-state index in [1.807, 2.05) is 43.3 Å². The molecule has 8 heteroatoms. The number of rotatable bonds is 11. The van der Waals surface area contributed by atoms with Crippen LogP contribution >= 0.6 is 0 Å². The molecule has 214 valence electrons. The smallest absolute Gasteiger partial charge is 0.354 e. The van der Waals surface area contributed by atoms with E-state index >= 15 is 0 Å². The Kier molecular flexibility index (Phi) is 8.82. The zero-order chi connectivity index (χ0) is 29.5. The standard InChI is InChI=1S/C34H30F2N2O4/c1-3-30(37-31-15-9-12-22-18-32(38-33(22)31)34(39)40-4-2)25-16-26(41-20-23-10-5-7-13-28(23)35)19-27(17-25)42-21-24-11-6-8-14-29(24)36/h3,5-19,37-38H,4,20-21H2,1-2H3. The molecule has 0 unspecified atom stereocenters. The van der Waals surface area contributed by atoms with Crippen molar-refractivity contribution in [3.05, 3.63) is 131 Å². The average Bonchev–Trinajstić information content (AvgIpc) is 3.45. The second kappa shape index (κ2) is 13.0. The van der Waals surface area contributed by atoms with Gasteiger partial charge < -0.3 is 24.5 Å². The number of nitrogens with one attached hydrogen (secondary N) is 2. The highest BCUT2D eigenvalue weighted by molar-refractivity contribution is 6.00. The van der Waals surface area contributed by atoms with E-state index in [4.69, 9.17) is 14.2 Å². The lowest BCUT2D eigenvalue weighted by Crippen LogP contribution is -2.05. The van der Waals surface area contributed by atoms with Crippen LogP contribution in [0.15, 0.2) is 97.1 Å². The number of benzene rings is 4. The van der Waals surface area contributed by atoms with Crippen LogP contribution in [0.2, 0.25) is 0 Å². The number of para-hydroxylation sites is 1. The van der Waals surface area contributed by atoms with E-state index in [9.17, 15) is 13.6 Å². The second-order valence-corrected chi connectivity index (χ2v) is 9.45. The lowest BCUT2D eigenvalue weighted by atomic mass is 10.1. The number of H-pyrrole nitrogens is 1. The van der Waals surface area contributed by atoms with E-state index in [-0.39, 0.29) is 31.5 Å². The molecule has 1 aromatic heterocycles. The van der Waals surface area contributed by atoms with Gasteiger partial charge >= 0.3 is 5.97 Å². The average molecular weight is 569 g/mol. The molecule has 0 amide bonds. The van der Waals surface area contributed by atoms with Gasteiger partial charge in [-0.1, -0.05) is 54.6 Å². The molecule has 0 spiro atoms. The number of anilines is 1. The van der Waals surface area contributed by atoms with E-state index in [0.29, 0.717) is 28.3 Å². The number of halogens is 2. The molecule has 0 aliphatic rings. The van der Waals surface area contributed by atoms with Crippen LogP contribution in [0.5, 0.6) is 11.5 Å². The molecule has 0 saturated carbocycles. The third-order valence-electron chi connectivity index (χ3n) is 6.60. The maximum atomic E-state index is 14.3. The quantitative estimate of drug-likeness (QED) is 0.157. The summed E-state index contributed by atoms with van der Waals surface area (Å²) >= 11 is 0. The van der Waals surface area contributed by atoms with Crippen molar-refractivity contribution < 1.29 is 27.8 Å². The minimum atomic E-state index is -0.428. The number of hydrogen-bond donors (Lipinski definition) is 2. The Labute approximate surface area is 242 Å². The molecule has 0 fully saturated rings. The van der Waals surface area contributed by atoms with E-state index in [1.165, 1.54) is 12.1 Å². The van der Waals surface area contributed by atoms with Gasteiger partial charge in [0.05, 0.1) is 17.8 Å². The molecule has 0 saturated heterocycles. The lowest BCUT2D eigenvalue weighted by molar-refractivity contribution is 0.0520. The topological polar surface area (TPSA) is 72.6 Å². The zero-order valence-electron chi connectivity index (χ0n) is 23.2. The van der Waals surface area contributed by atoms with Gasteiger partial charge in [-0.15, -0.1) is 0 Å². The third kappa shape index (κ3) is 6.61. The summed E-state index contributed by atoms with van der Waals surface area (Å²) < 4.78 is 45.6. The number of hydrogen-bond acceptors (Lipinski definition) is 5. The number of allylic oxidation sites excluding steroid dienone is 1. The molecular formula is C34H30F2N2O4. The van der Waals surface area contributed by atoms with Gasteiger partial charge in [-0.25, -0.2) is 13.6 Å². The fourth-order valence-corrected chi connectivity index (χ4v) is 4.48. The van der Waals surface area contributed by atoms with Gasteiger partial charge in [0, 0.05) is 33.8 Å². The Morgan fingerprint density at radius 1 is 0.833 bits per heavy atom. The largest absolute Gasteiger partial charge is 0.489 e. The summed E-state index contributed by atoms with van der Waals surface area (Å²) in [6.07, 6.45) is 1.89. The molecule has 0 bridgehead atoms. The maximum absolute atomic E-state index is 14.3. The van der Waals surface area contributed by atoms with Crippen LogP contribution in [0.25, 0.3) is 16.6 Å². The normalized spacial score (nSPS) is 11.4. The molecule has 6 nitrogen and oxygen atoms in total. The van der Waals surface area contributed by atoms with Crippen LogP contribution in [0.1, 0.15) is 41.0 Å². The molecule has 5 rings (SSSR count). The number of fused-ring (bicyclic) bond motifs is 1. The fraction of sp³-hybridized carbons (Fsp3) is 0.147. The summed E-state index contributed by atoms with van der Waals surface area (Å²) in [5, 5.41) is 4.28. The van der Waals surface area contributed by atoms with E-state index in [0.717, 1.165) is 27.9 Å². The van der Waals surface area contributed by atoms with Crippen LogP contribution in [0, 0.1) is 11.6 Å². The van der Waals surface area contributed by atoms with Crippen LogP contribution < -0.4 is 14.8 Å². The number of ether oxygens (including phenoxy) is 3. The number of carbonyl (C=O) groups is 1. The molecule has 4 aromatic carbocycles. The first-order valence-corrected chi connectivity index (χ1v) is 13.5. The van der Waals surface area contributed by atoms with Crippen LogP contribution in [0.4, 0.5) is 14.5 Å². The van der Waals surface area contributed by atoms with Gasteiger partial charge in [0.25, 0.3) is 0 Å². The minimum Gasteiger partial charge on any atom is -0.489 e. The molecule has 42 heavy (non-hydrogen) atoms. The molecular weight excluding hydrogens is 538 g/mol. The molecule has 0 atom stereocenters. The summed E-state index contributed by atoms with van der Waals surface area (Å²) in [7, 11) is 0. The minimum absolute atomic E-state index is 0.0138. The van der Waals surface area contributed by atoms with Gasteiger partial charge in [-0.05, 0) is 50.2 Å². The highest BCUT2D eigenvalue weighted by Gasteiger charge is 2.15. The first-order chi connectivity index (χ1) is 20.4. The van der Waals surface area contributed by atoms with Crippen molar-refractivity contribution in [3.8, 4) is 11.5 Å². The lowest BCUT2D eigenvalue weighted by Gasteiger charge is -2.16. The highest BCUT2D eigenvalue weighted by Crippen LogP contribution is 2.32. The maximum Gasteiger partial charge on any atom is 0.354 e. The molecule has 0 aliphatic carbocycles. The summed E-state index contributed by atoms with van der Waals surface area (Å²) in [6.45, 7) is 3.95. The number of carbonyl (C=O) groups excluding carboxylic acids is 1. The van der Waals surface area contributed by atoms with Crippen molar-refractivity contribution in [1.82, 2.24) is 4.98 Å². The van der Waals surface area contributed by atoms with Crippen molar-refractivity contribution >= 4 is 28.3 Å². The second-order valence-electron chi connectivity index (χ2n) is 9.45. The van der Waals surface area contributed by atoms with Crippen LogP contribution in [0.3, 0.4) is 0 Å². The van der Waals surface area contributed by atoms with Crippen molar-refractivity contribution in [3.63, 3.8) is 0 Å². The Morgan fingerprint density at radius 3 is 2.02 bits per heavy atom. The van der Waals surface area contributed by atoms with Gasteiger partial charge in [0.1, 0.15) is 42.0 Å². The van der Waals surface area contributed by atoms with Crippen LogP contribution in [-0.4, -0.2) is 17.6 Å². The summed E-state index contributed by atoms with van der Waals surface area (Å²) in [6, 6.07) is 25.6.